The van der Waals surface area contributed by atoms with Crippen LogP contribution in [0.2, 0.25) is 0 Å². The average molecular weight is 138 g/mol. The van der Waals surface area contributed by atoms with Crippen LogP contribution < -0.4 is 5.69 Å². The summed E-state index contributed by atoms with van der Waals surface area (Å²) in [5.41, 5.74) is 1.21. The largest absolute Gasteiger partial charge is 0.325 e. The van der Waals surface area contributed by atoms with Gasteiger partial charge in [-0.2, -0.15) is 0 Å². The highest BCUT2D eigenvalue weighted by Crippen LogP contribution is 2.09. The number of hydrogen-bond donors (Lipinski definition) is 1. The van der Waals surface area contributed by atoms with Crippen molar-refractivity contribution in [3.05, 3.63) is 22.4 Å². The number of nitrogens with one attached hydrogen (secondary N) is 1. The molecule has 0 atom stereocenters. The highest BCUT2D eigenvalue weighted by Gasteiger charge is 2.09. The van der Waals surface area contributed by atoms with E-state index in [2.05, 4.69) is 4.98 Å². The van der Waals surface area contributed by atoms with Gasteiger partial charge in [0.2, 0.25) is 0 Å². The lowest BCUT2D eigenvalue weighted by atomic mass is 10.1. The Bertz CT molecular complexity index is 284. The second-order valence-electron chi connectivity index (χ2n) is 2.69. The number of hydrogen-bond acceptors (Lipinski definition) is 1. The number of aromatic nitrogens is 2. The molecule has 0 radical (unpaired) electrons. The van der Waals surface area contributed by atoms with Crippen LogP contribution in [0.1, 0.15) is 18.5 Å². The molecule has 0 bridgehead atoms. The monoisotopic (exact) mass is 138 g/mol. The summed E-state index contributed by atoms with van der Waals surface area (Å²) in [7, 11) is 0. The van der Waals surface area contributed by atoms with Gasteiger partial charge in [-0.25, -0.2) is 4.79 Å². The first-order valence-corrected chi connectivity index (χ1v) is 3.65. The Labute approximate surface area is 58.7 Å². The van der Waals surface area contributed by atoms with Gasteiger partial charge in [0.15, 0.2) is 0 Å². The Hall–Kier alpha value is -0.990. The average Bonchev–Trinajstić information content (AvgIpc) is 2.34. The number of fused-ring (bicyclic) bond motifs is 1. The summed E-state index contributed by atoms with van der Waals surface area (Å²) in [5.74, 6) is 0. The summed E-state index contributed by atoms with van der Waals surface area (Å²) < 4.78 is 1.82. The molecule has 0 aliphatic carbocycles. The van der Waals surface area contributed by atoms with Crippen molar-refractivity contribution >= 4 is 0 Å². The van der Waals surface area contributed by atoms with Gasteiger partial charge in [-0.3, -0.25) is 4.57 Å². The number of imidazole rings is 1. The molecule has 2 rings (SSSR count). The number of nitrogens with zero attached hydrogens (tertiary/aromatic N) is 1. The summed E-state index contributed by atoms with van der Waals surface area (Å²) in [4.78, 5) is 13.7. The Morgan fingerprint density at radius 3 is 3.20 bits per heavy atom. The van der Waals surface area contributed by atoms with E-state index < -0.39 is 0 Å². The molecule has 3 heteroatoms. The van der Waals surface area contributed by atoms with Gasteiger partial charge in [0.1, 0.15) is 0 Å². The molecule has 2 heterocycles. The van der Waals surface area contributed by atoms with Crippen molar-refractivity contribution in [3.8, 4) is 0 Å². The zero-order valence-electron chi connectivity index (χ0n) is 5.76. The van der Waals surface area contributed by atoms with Crippen molar-refractivity contribution in [1.82, 2.24) is 9.55 Å². The van der Waals surface area contributed by atoms with E-state index in [-0.39, 0.29) is 5.69 Å². The van der Waals surface area contributed by atoms with E-state index in [0.717, 1.165) is 25.1 Å². The van der Waals surface area contributed by atoms with Crippen LogP contribution in [-0.2, 0) is 13.0 Å². The van der Waals surface area contributed by atoms with Crippen LogP contribution in [0.15, 0.2) is 11.0 Å². The summed E-state index contributed by atoms with van der Waals surface area (Å²) in [5, 5.41) is 0. The van der Waals surface area contributed by atoms with Crippen molar-refractivity contribution < 1.29 is 0 Å². The molecule has 0 fully saturated rings. The minimum atomic E-state index is 0.0506. The van der Waals surface area contributed by atoms with Gasteiger partial charge in [0.05, 0.1) is 0 Å². The van der Waals surface area contributed by atoms with Crippen LogP contribution >= 0.6 is 0 Å². The van der Waals surface area contributed by atoms with E-state index in [1.54, 1.807) is 0 Å². The number of H-pyrrole nitrogens is 1. The maximum absolute atomic E-state index is 11.0. The van der Waals surface area contributed by atoms with Crippen molar-refractivity contribution in [2.45, 2.75) is 25.8 Å². The number of aryl methyl sites for hydroxylation is 1. The van der Waals surface area contributed by atoms with Crippen LogP contribution in [0.25, 0.3) is 0 Å². The molecule has 0 amide bonds. The third-order valence-electron chi connectivity index (χ3n) is 2.02. The lowest BCUT2D eigenvalue weighted by Gasteiger charge is -2.11. The summed E-state index contributed by atoms with van der Waals surface area (Å²) in [6.45, 7) is 0.900. The Morgan fingerprint density at radius 1 is 1.50 bits per heavy atom. The van der Waals surface area contributed by atoms with Crippen molar-refractivity contribution in [3.63, 3.8) is 0 Å². The molecule has 1 aromatic rings. The Balaban J connectivity index is 2.55. The summed E-state index contributed by atoms with van der Waals surface area (Å²) in [6.07, 6.45) is 5.24. The van der Waals surface area contributed by atoms with Gasteiger partial charge >= 0.3 is 5.69 Å². The van der Waals surface area contributed by atoms with Crippen molar-refractivity contribution in [2.24, 2.45) is 0 Å². The molecular formula is C7H10N2O. The molecule has 1 aliphatic rings. The standard InChI is InChI=1S/C7H10N2O/c10-7-8-5-6-3-1-2-4-9(6)7/h5H,1-4H2,(H,8,10). The van der Waals surface area contributed by atoms with Crippen LogP contribution in [0, 0.1) is 0 Å². The van der Waals surface area contributed by atoms with Gasteiger partial charge in [0.25, 0.3) is 0 Å². The molecule has 0 spiro atoms. The van der Waals surface area contributed by atoms with E-state index >= 15 is 0 Å². The fourth-order valence-corrected chi connectivity index (χ4v) is 1.46. The molecule has 1 aromatic heterocycles. The Kier molecular flexibility index (Phi) is 1.16. The van der Waals surface area contributed by atoms with Gasteiger partial charge < -0.3 is 4.98 Å². The molecule has 1 N–H and O–H groups in total. The SMILES string of the molecule is O=c1[nH]cc2n1CCCC2. The lowest BCUT2D eigenvalue weighted by Crippen LogP contribution is -2.21. The maximum atomic E-state index is 11.0. The maximum Gasteiger partial charge on any atom is 0.325 e. The first-order chi connectivity index (χ1) is 4.88. The minimum absolute atomic E-state index is 0.0506. The molecule has 10 heavy (non-hydrogen) atoms. The van der Waals surface area contributed by atoms with Crippen LogP contribution in [0.3, 0.4) is 0 Å². The topological polar surface area (TPSA) is 37.8 Å². The fourth-order valence-electron chi connectivity index (χ4n) is 1.46. The van der Waals surface area contributed by atoms with Crippen LogP contribution in [0.5, 0.6) is 0 Å². The molecular weight excluding hydrogens is 128 g/mol. The Morgan fingerprint density at radius 2 is 2.40 bits per heavy atom. The molecule has 1 aliphatic heterocycles. The fraction of sp³-hybridized carbons (Fsp3) is 0.571. The number of aromatic amines is 1. The van der Waals surface area contributed by atoms with Gasteiger partial charge in [-0.15, -0.1) is 0 Å². The first kappa shape index (κ1) is 5.77. The predicted molar refractivity (Wildman–Crippen MR) is 38.0 cm³/mol. The predicted octanol–water partition coefficient (Wildman–Crippen LogP) is 0.513. The molecule has 3 nitrogen and oxygen atoms in total. The molecule has 0 unspecified atom stereocenters. The third kappa shape index (κ3) is 0.701. The molecule has 0 aromatic carbocycles. The van der Waals surface area contributed by atoms with Gasteiger partial charge in [0, 0.05) is 18.4 Å². The smallest absolute Gasteiger partial charge is 0.312 e. The molecule has 0 saturated carbocycles. The van der Waals surface area contributed by atoms with Gasteiger partial charge in [-0.1, -0.05) is 0 Å². The van der Waals surface area contributed by atoms with Crippen LogP contribution in [0.4, 0.5) is 0 Å². The van der Waals surface area contributed by atoms with E-state index in [1.165, 1.54) is 6.42 Å². The molecule has 54 valence electrons. The molecule has 0 saturated heterocycles. The summed E-state index contributed by atoms with van der Waals surface area (Å²) >= 11 is 0. The second kappa shape index (κ2) is 2.01. The van der Waals surface area contributed by atoms with Crippen LogP contribution in [-0.4, -0.2) is 9.55 Å². The van der Waals surface area contributed by atoms with E-state index in [9.17, 15) is 4.79 Å². The van der Waals surface area contributed by atoms with Gasteiger partial charge in [-0.05, 0) is 19.3 Å². The van der Waals surface area contributed by atoms with Crippen molar-refractivity contribution in [1.29, 1.82) is 0 Å². The second-order valence-corrected chi connectivity index (χ2v) is 2.69. The quantitative estimate of drug-likeness (QED) is 0.557. The zero-order chi connectivity index (χ0) is 6.97. The van der Waals surface area contributed by atoms with E-state index in [4.69, 9.17) is 0 Å². The minimum Gasteiger partial charge on any atom is -0.312 e. The highest BCUT2D eigenvalue weighted by molar-refractivity contribution is 5.00. The highest BCUT2D eigenvalue weighted by atomic mass is 16.1. The lowest BCUT2D eigenvalue weighted by molar-refractivity contribution is 0.520. The first-order valence-electron chi connectivity index (χ1n) is 3.65. The summed E-state index contributed by atoms with van der Waals surface area (Å²) in [6, 6.07) is 0. The number of rotatable bonds is 0. The zero-order valence-corrected chi connectivity index (χ0v) is 5.76. The van der Waals surface area contributed by atoms with E-state index in [0.29, 0.717) is 0 Å². The van der Waals surface area contributed by atoms with E-state index in [1.807, 2.05) is 10.8 Å². The van der Waals surface area contributed by atoms with Crippen molar-refractivity contribution in [2.75, 3.05) is 0 Å². The third-order valence-corrected chi connectivity index (χ3v) is 2.02. The normalized spacial score (nSPS) is 16.8.